The molecule has 0 saturated carbocycles. The van der Waals surface area contributed by atoms with E-state index in [-0.39, 0.29) is 17.7 Å². The number of hydrogen-bond donors (Lipinski definition) is 1. The summed E-state index contributed by atoms with van der Waals surface area (Å²) in [6, 6.07) is 17.4. The second kappa shape index (κ2) is 9.93. The van der Waals surface area contributed by atoms with Crippen LogP contribution in [0, 0.1) is 12.8 Å². The molecule has 0 bridgehead atoms. The van der Waals surface area contributed by atoms with Gasteiger partial charge >= 0.3 is 0 Å². The third-order valence-electron chi connectivity index (χ3n) is 5.08. The molecule has 0 unspecified atom stereocenters. The van der Waals surface area contributed by atoms with Crippen molar-refractivity contribution < 1.29 is 14.3 Å². The van der Waals surface area contributed by atoms with Crippen molar-refractivity contribution in [2.75, 3.05) is 25.0 Å². The molecule has 0 atom stereocenters. The normalized spacial score (nSPS) is 14.5. The number of nitrogens with one attached hydrogen (secondary N) is 1. The quantitative estimate of drug-likeness (QED) is 0.738. The van der Waals surface area contributed by atoms with Crippen molar-refractivity contribution in [1.82, 2.24) is 4.90 Å². The minimum absolute atomic E-state index is 0.0332. The van der Waals surface area contributed by atoms with Crippen molar-refractivity contribution in [3.8, 4) is 5.75 Å². The number of likely N-dealkylation sites (tertiary alicyclic amines) is 1. The van der Waals surface area contributed by atoms with Crippen LogP contribution in [0.5, 0.6) is 5.75 Å². The predicted octanol–water partition coefficient (Wildman–Crippen LogP) is 4.03. The Hall–Kier alpha value is -2.82. The van der Waals surface area contributed by atoms with Gasteiger partial charge in [-0.05, 0) is 50.5 Å². The third-order valence-corrected chi connectivity index (χ3v) is 5.08. The zero-order valence-electron chi connectivity index (χ0n) is 16.4. The number of ether oxygens (including phenoxy) is 1. The van der Waals surface area contributed by atoms with Crippen LogP contribution in [0.1, 0.15) is 31.2 Å². The second-order valence-corrected chi connectivity index (χ2v) is 7.28. The molecule has 148 valence electrons. The summed E-state index contributed by atoms with van der Waals surface area (Å²) in [5, 5.41) is 2.96. The molecule has 0 aliphatic carbocycles. The molecule has 3 rings (SSSR count). The van der Waals surface area contributed by atoms with Crippen LogP contribution in [-0.4, -0.2) is 36.4 Å². The largest absolute Gasteiger partial charge is 0.494 e. The van der Waals surface area contributed by atoms with Crippen molar-refractivity contribution in [2.45, 2.75) is 32.6 Å². The number of benzene rings is 2. The van der Waals surface area contributed by atoms with Gasteiger partial charge in [-0.15, -0.1) is 0 Å². The van der Waals surface area contributed by atoms with Gasteiger partial charge in [-0.25, -0.2) is 0 Å². The summed E-state index contributed by atoms with van der Waals surface area (Å²) >= 11 is 0. The van der Waals surface area contributed by atoms with Gasteiger partial charge < -0.3 is 15.0 Å². The highest BCUT2D eigenvalue weighted by Crippen LogP contribution is 2.20. The summed E-state index contributed by atoms with van der Waals surface area (Å²) in [7, 11) is 0. The van der Waals surface area contributed by atoms with Gasteiger partial charge in [-0.3, -0.25) is 9.59 Å². The molecule has 0 radical (unpaired) electrons. The van der Waals surface area contributed by atoms with Crippen LogP contribution in [0.25, 0.3) is 0 Å². The van der Waals surface area contributed by atoms with Crippen molar-refractivity contribution in [3.63, 3.8) is 0 Å². The highest BCUT2D eigenvalue weighted by atomic mass is 16.5. The van der Waals surface area contributed by atoms with Gasteiger partial charge in [0.15, 0.2) is 0 Å². The molecular formula is C23H28N2O3. The lowest BCUT2D eigenvalue weighted by molar-refractivity contribution is -0.134. The Morgan fingerprint density at radius 3 is 2.39 bits per heavy atom. The molecule has 5 nitrogen and oxygen atoms in total. The lowest BCUT2D eigenvalue weighted by atomic mass is 9.95. The van der Waals surface area contributed by atoms with Crippen molar-refractivity contribution in [1.29, 1.82) is 0 Å². The molecule has 1 aliphatic rings. The third kappa shape index (κ3) is 5.84. The molecule has 1 aliphatic heterocycles. The Balaban J connectivity index is 1.34. The number of amides is 2. The number of aryl methyl sites for hydroxylation is 1. The Labute approximate surface area is 166 Å². The van der Waals surface area contributed by atoms with Crippen LogP contribution in [0.15, 0.2) is 54.6 Å². The number of carbonyl (C=O) groups excluding carboxylic acids is 2. The van der Waals surface area contributed by atoms with Crippen LogP contribution < -0.4 is 10.1 Å². The second-order valence-electron chi connectivity index (χ2n) is 7.28. The van der Waals surface area contributed by atoms with Crippen LogP contribution in [0.2, 0.25) is 0 Å². The van der Waals surface area contributed by atoms with Gasteiger partial charge in [0.25, 0.3) is 0 Å². The first kappa shape index (κ1) is 19.9. The number of carbonyl (C=O) groups is 2. The van der Waals surface area contributed by atoms with Crippen LogP contribution in [0.4, 0.5) is 5.69 Å². The number of para-hydroxylation sites is 1. The highest BCUT2D eigenvalue weighted by molar-refractivity contribution is 5.92. The van der Waals surface area contributed by atoms with Crippen molar-refractivity contribution in [3.05, 3.63) is 60.2 Å². The van der Waals surface area contributed by atoms with E-state index in [1.807, 2.05) is 66.4 Å². The number of nitrogens with zero attached hydrogens (tertiary/aromatic N) is 1. The Bertz CT molecular complexity index is 766. The Morgan fingerprint density at radius 1 is 1.04 bits per heavy atom. The number of rotatable bonds is 7. The maximum atomic E-state index is 12.4. The summed E-state index contributed by atoms with van der Waals surface area (Å²) in [5.41, 5.74) is 2.02. The molecule has 1 fully saturated rings. The Kier molecular flexibility index (Phi) is 7.06. The number of hydrogen-bond acceptors (Lipinski definition) is 3. The van der Waals surface area contributed by atoms with Gasteiger partial charge in [-0.1, -0.05) is 35.9 Å². The van der Waals surface area contributed by atoms with E-state index in [1.54, 1.807) is 0 Å². The fraction of sp³-hybridized carbons (Fsp3) is 0.391. The first-order valence-electron chi connectivity index (χ1n) is 9.95. The maximum absolute atomic E-state index is 12.4. The van der Waals surface area contributed by atoms with E-state index >= 15 is 0 Å². The molecule has 0 aromatic heterocycles. The van der Waals surface area contributed by atoms with Crippen LogP contribution in [0.3, 0.4) is 0 Å². The topological polar surface area (TPSA) is 58.6 Å². The van der Waals surface area contributed by atoms with E-state index in [9.17, 15) is 9.59 Å². The van der Waals surface area contributed by atoms with E-state index in [4.69, 9.17) is 4.74 Å². The molecule has 1 saturated heterocycles. The first-order valence-corrected chi connectivity index (χ1v) is 9.95. The average Bonchev–Trinajstić information content (AvgIpc) is 2.73. The van der Waals surface area contributed by atoms with Crippen LogP contribution in [-0.2, 0) is 9.59 Å². The van der Waals surface area contributed by atoms with Gasteiger partial charge in [0.1, 0.15) is 5.75 Å². The van der Waals surface area contributed by atoms with Gasteiger partial charge in [0.05, 0.1) is 6.61 Å². The lowest BCUT2D eigenvalue weighted by Gasteiger charge is -2.31. The molecular weight excluding hydrogens is 352 g/mol. The number of anilines is 1. The van der Waals surface area contributed by atoms with Gasteiger partial charge in [-0.2, -0.15) is 0 Å². The summed E-state index contributed by atoms with van der Waals surface area (Å²) in [4.78, 5) is 26.6. The lowest BCUT2D eigenvalue weighted by Crippen LogP contribution is -2.41. The monoisotopic (exact) mass is 380 g/mol. The first-order chi connectivity index (χ1) is 13.6. The highest BCUT2D eigenvalue weighted by Gasteiger charge is 2.27. The molecule has 2 amide bonds. The zero-order valence-corrected chi connectivity index (χ0v) is 16.4. The standard InChI is InChI=1S/C23H28N2O3/c1-18-9-11-21(12-10-18)28-17-5-8-22(26)25-15-13-19(14-16-25)23(27)24-20-6-3-2-4-7-20/h2-4,6-7,9-12,19H,5,8,13-17H2,1H3,(H,24,27). The van der Waals surface area contributed by atoms with E-state index < -0.39 is 0 Å². The summed E-state index contributed by atoms with van der Waals surface area (Å²) < 4.78 is 5.68. The fourth-order valence-electron chi connectivity index (χ4n) is 3.36. The average molecular weight is 380 g/mol. The minimum Gasteiger partial charge on any atom is -0.494 e. The SMILES string of the molecule is Cc1ccc(OCCCC(=O)N2CCC(C(=O)Nc3ccccc3)CC2)cc1. The summed E-state index contributed by atoms with van der Waals surface area (Å²) in [6.07, 6.45) is 2.60. The van der Waals surface area contributed by atoms with E-state index in [1.165, 1.54) is 5.56 Å². The fourth-order valence-corrected chi connectivity index (χ4v) is 3.36. The van der Waals surface area contributed by atoms with E-state index in [0.29, 0.717) is 45.4 Å². The van der Waals surface area contributed by atoms with Gasteiger partial charge in [0, 0.05) is 31.1 Å². The van der Waals surface area contributed by atoms with E-state index in [2.05, 4.69) is 5.32 Å². The zero-order chi connectivity index (χ0) is 19.8. The molecule has 2 aromatic carbocycles. The number of piperidine rings is 1. The molecule has 1 heterocycles. The molecule has 1 N–H and O–H groups in total. The molecule has 0 spiro atoms. The van der Waals surface area contributed by atoms with Gasteiger partial charge in [0.2, 0.25) is 11.8 Å². The van der Waals surface area contributed by atoms with Crippen molar-refractivity contribution >= 4 is 17.5 Å². The smallest absolute Gasteiger partial charge is 0.227 e. The Morgan fingerprint density at radius 2 is 1.71 bits per heavy atom. The molecule has 28 heavy (non-hydrogen) atoms. The summed E-state index contributed by atoms with van der Waals surface area (Å²) in [6.45, 7) is 3.86. The van der Waals surface area contributed by atoms with Crippen molar-refractivity contribution in [2.24, 2.45) is 5.92 Å². The van der Waals surface area contributed by atoms with E-state index in [0.717, 1.165) is 11.4 Å². The summed E-state index contributed by atoms with van der Waals surface area (Å²) in [5.74, 6) is 0.997. The molecule has 5 heteroatoms. The van der Waals surface area contributed by atoms with Crippen LogP contribution >= 0.6 is 0 Å². The predicted molar refractivity (Wildman–Crippen MR) is 110 cm³/mol. The molecule has 2 aromatic rings. The minimum atomic E-state index is -0.0332. The maximum Gasteiger partial charge on any atom is 0.227 e.